The van der Waals surface area contributed by atoms with E-state index in [4.69, 9.17) is 0 Å². The van der Waals surface area contributed by atoms with E-state index in [-0.39, 0.29) is 29.9 Å². The molecule has 2 aliphatic heterocycles. The van der Waals surface area contributed by atoms with Gasteiger partial charge >= 0.3 is 0 Å². The highest BCUT2D eigenvalue weighted by Crippen LogP contribution is 2.37. The van der Waals surface area contributed by atoms with Crippen molar-refractivity contribution in [3.8, 4) is 0 Å². The first-order valence-electron chi connectivity index (χ1n) is 9.19. The number of aromatic nitrogens is 2. The Morgan fingerprint density at radius 3 is 2.52 bits per heavy atom. The molecule has 2 bridgehead atoms. The lowest BCUT2D eigenvalue weighted by Crippen LogP contribution is -2.52. The average Bonchev–Trinajstić information content (AvgIpc) is 2.92. The third-order valence-electron chi connectivity index (χ3n) is 5.39. The summed E-state index contributed by atoms with van der Waals surface area (Å²) in [6, 6.07) is 5.94. The lowest BCUT2D eigenvalue weighted by Gasteiger charge is -2.39. The number of hydrogen-bond donors (Lipinski definition) is 1. The van der Waals surface area contributed by atoms with Gasteiger partial charge in [0.15, 0.2) is 0 Å². The summed E-state index contributed by atoms with van der Waals surface area (Å²) in [5.41, 5.74) is 1.43. The summed E-state index contributed by atoms with van der Waals surface area (Å²) in [4.78, 5) is 35.3. The summed E-state index contributed by atoms with van der Waals surface area (Å²) in [5.74, 6) is -0.775. The molecule has 4 rings (SSSR count). The molecule has 140 valence electrons. The molecule has 2 aromatic rings. The third-order valence-corrected chi connectivity index (χ3v) is 5.39. The molecule has 2 amide bonds. The number of carbonyl (C=O) groups excluding carboxylic acids is 2. The molecule has 2 atom stereocenters. The number of piperidine rings is 1. The van der Waals surface area contributed by atoms with E-state index in [1.807, 2.05) is 11.8 Å². The summed E-state index contributed by atoms with van der Waals surface area (Å²) in [6.07, 6.45) is 6.25. The number of halogens is 1. The van der Waals surface area contributed by atoms with Crippen LogP contribution in [0, 0.1) is 12.7 Å². The van der Waals surface area contributed by atoms with Gasteiger partial charge in [-0.2, -0.15) is 0 Å². The zero-order chi connectivity index (χ0) is 19.0. The molecular weight excluding hydrogens is 347 g/mol. The maximum absolute atomic E-state index is 13.5. The van der Waals surface area contributed by atoms with Crippen molar-refractivity contribution in [1.29, 1.82) is 0 Å². The quantitative estimate of drug-likeness (QED) is 0.903. The van der Waals surface area contributed by atoms with Gasteiger partial charge in [0, 0.05) is 29.9 Å². The van der Waals surface area contributed by atoms with E-state index in [1.54, 1.807) is 18.3 Å². The van der Waals surface area contributed by atoms with E-state index in [1.165, 1.54) is 18.3 Å². The van der Waals surface area contributed by atoms with Crippen LogP contribution >= 0.6 is 0 Å². The predicted molar refractivity (Wildman–Crippen MR) is 96.6 cm³/mol. The van der Waals surface area contributed by atoms with Gasteiger partial charge in [-0.3, -0.25) is 14.6 Å². The highest BCUT2D eigenvalue weighted by molar-refractivity contribution is 5.95. The minimum absolute atomic E-state index is 0.00494. The Labute approximate surface area is 156 Å². The Morgan fingerprint density at radius 2 is 1.89 bits per heavy atom. The Balaban J connectivity index is 1.43. The number of hydrogen-bond acceptors (Lipinski definition) is 4. The Bertz CT molecular complexity index is 857. The standard InChI is InChI=1S/C20H21FN4O2/c1-12-10-23-18(11-22-12)19(26)24-15-8-16-5-6-17(9-15)25(16)20(27)13-3-2-4-14(21)7-13/h2-4,7,10-11,15-17H,5-6,8-9H2,1H3,(H,24,26). The van der Waals surface area contributed by atoms with E-state index in [9.17, 15) is 14.0 Å². The molecule has 1 aromatic carbocycles. The van der Waals surface area contributed by atoms with Crippen LogP contribution in [0.25, 0.3) is 0 Å². The smallest absolute Gasteiger partial charge is 0.271 e. The molecule has 0 aliphatic carbocycles. The van der Waals surface area contributed by atoms with Gasteiger partial charge in [0.05, 0.1) is 11.9 Å². The summed E-state index contributed by atoms with van der Waals surface area (Å²) >= 11 is 0. The van der Waals surface area contributed by atoms with Crippen LogP contribution in [0.15, 0.2) is 36.7 Å². The predicted octanol–water partition coefficient (Wildman–Crippen LogP) is 2.49. The monoisotopic (exact) mass is 368 g/mol. The number of benzene rings is 1. The summed E-state index contributed by atoms with van der Waals surface area (Å²) in [7, 11) is 0. The molecule has 3 heterocycles. The molecule has 0 saturated carbocycles. The van der Waals surface area contributed by atoms with Crippen LogP contribution in [-0.4, -0.2) is 44.8 Å². The minimum atomic E-state index is -0.408. The van der Waals surface area contributed by atoms with Gasteiger partial charge in [0.25, 0.3) is 11.8 Å². The number of amides is 2. The van der Waals surface area contributed by atoms with Crippen molar-refractivity contribution in [1.82, 2.24) is 20.2 Å². The molecule has 2 saturated heterocycles. The van der Waals surface area contributed by atoms with E-state index >= 15 is 0 Å². The number of nitrogens with zero attached hydrogens (tertiary/aromatic N) is 3. The van der Waals surface area contributed by atoms with Gasteiger partial charge in [-0.25, -0.2) is 9.37 Å². The number of carbonyl (C=O) groups is 2. The molecule has 1 N–H and O–H groups in total. The molecule has 0 radical (unpaired) electrons. The molecule has 2 fully saturated rings. The topological polar surface area (TPSA) is 75.2 Å². The summed E-state index contributed by atoms with van der Waals surface area (Å²) < 4.78 is 13.5. The summed E-state index contributed by atoms with van der Waals surface area (Å²) in [5, 5.41) is 3.02. The first-order chi connectivity index (χ1) is 13.0. The second kappa shape index (κ2) is 7.06. The Hall–Kier alpha value is -2.83. The Kier molecular flexibility index (Phi) is 4.59. The number of nitrogens with one attached hydrogen (secondary N) is 1. The van der Waals surface area contributed by atoms with Gasteiger partial charge < -0.3 is 10.2 Å². The molecule has 0 spiro atoms. The first-order valence-corrected chi connectivity index (χ1v) is 9.19. The fourth-order valence-corrected chi connectivity index (χ4v) is 4.17. The van der Waals surface area contributed by atoms with Crippen molar-refractivity contribution in [3.05, 3.63) is 59.4 Å². The SMILES string of the molecule is Cc1cnc(C(=O)NC2CC3CCC(C2)N3C(=O)c2cccc(F)c2)cn1. The van der Waals surface area contributed by atoms with Crippen LogP contribution in [0.1, 0.15) is 52.2 Å². The van der Waals surface area contributed by atoms with Crippen molar-refractivity contribution >= 4 is 11.8 Å². The van der Waals surface area contributed by atoms with Crippen LogP contribution in [0.3, 0.4) is 0 Å². The number of rotatable bonds is 3. The third kappa shape index (κ3) is 3.54. The van der Waals surface area contributed by atoms with Crippen LogP contribution in [0.5, 0.6) is 0 Å². The second-order valence-electron chi connectivity index (χ2n) is 7.29. The van der Waals surface area contributed by atoms with Crippen molar-refractivity contribution < 1.29 is 14.0 Å². The lowest BCUT2D eigenvalue weighted by atomic mass is 9.96. The second-order valence-corrected chi connectivity index (χ2v) is 7.29. The number of aryl methyl sites for hydroxylation is 1. The molecule has 7 heteroatoms. The molecule has 1 aromatic heterocycles. The maximum atomic E-state index is 13.5. The Morgan fingerprint density at radius 1 is 1.15 bits per heavy atom. The van der Waals surface area contributed by atoms with Crippen LogP contribution in [0.4, 0.5) is 4.39 Å². The highest BCUT2D eigenvalue weighted by atomic mass is 19.1. The molecule has 27 heavy (non-hydrogen) atoms. The van der Waals surface area contributed by atoms with Crippen molar-refractivity contribution in [3.63, 3.8) is 0 Å². The maximum Gasteiger partial charge on any atom is 0.271 e. The first kappa shape index (κ1) is 17.6. The van der Waals surface area contributed by atoms with E-state index in [0.29, 0.717) is 24.1 Å². The van der Waals surface area contributed by atoms with E-state index < -0.39 is 5.82 Å². The zero-order valence-electron chi connectivity index (χ0n) is 15.1. The van der Waals surface area contributed by atoms with Gasteiger partial charge in [-0.1, -0.05) is 6.07 Å². The van der Waals surface area contributed by atoms with Gasteiger partial charge in [0.2, 0.25) is 0 Å². The van der Waals surface area contributed by atoms with Crippen molar-refractivity contribution in [2.45, 2.75) is 50.7 Å². The van der Waals surface area contributed by atoms with Crippen LogP contribution in [0.2, 0.25) is 0 Å². The normalized spacial score (nSPS) is 23.9. The zero-order valence-corrected chi connectivity index (χ0v) is 15.1. The average molecular weight is 368 g/mol. The van der Waals surface area contributed by atoms with Crippen molar-refractivity contribution in [2.75, 3.05) is 0 Å². The van der Waals surface area contributed by atoms with Crippen LogP contribution < -0.4 is 5.32 Å². The van der Waals surface area contributed by atoms with Gasteiger partial charge in [-0.05, 0) is 50.8 Å². The number of fused-ring (bicyclic) bond motifs is 2. The molecule has 2 unspecified atom stereocenters. The fourth-order valence-electron chi connectivity index (χ4n) is 4.17. The van der Waals surface area contributed by atoms with Gasteiger partial charge in [-0.15, -0.1) is 0 Å². The minimum Gasteiger partial charge on any atom is -0.348 e. The molecular formula is C20H21FN4O2. The van der Waals surface area contributed by atoms with E-state index in [0.717, 1.165) is 18.5 Å². The van der Waals surface area contributed by atoms with Gasteiger partial charge in [0.1, 0.15) is 11.5 Å². The lowest BCUT2D eigenvalue weighted by molar-refractivity contribution is 0.0548. The molecule has 2 aliphatic rings. The van der Waals surface area contributed by atoms with Crippen molar-refractivity contribution in [2.24, 2.45) is 0 Å². The largest absolute Gasteiger partial charge is 0.348 e. The highest BCUT2D eigenvalue weighted by Gasteiger charge is 2.43. The molecule has 6 nitrogen and oxygen atoms in total. The van der Waals surface area contributed by atoms with E-state index in [2.05, 4.69) is 15.3 Å². The summed E-state index contributed by atoms with van der Waals surface area (Å²) in [6.45, 7) is 1.82. The van der Waals surface area contributed by atoms with Crippen LogP contribution in [-0.2, 0) is 0 Å². The fraction of sp³-hybridized carbons (Fsp3) is 0.400.